The van der Waals surface area contributed by atoms with Gasteiger partial charge in [0.05, 0.1) is 27.4 Å². The number of carbonyl (C=O) groups is 3. The number of esters is 3. The number of benzene rings is 3. The van der Waals surface area contributed by atoms with Crippen molar-refractivity contribution in [1.29, 1.82) is 0 Å². The first-order chi connectivity index (χ1) is 31.9. The zero-order chi connectivity index (χ0) is 47.6. The maximum atomic E-state index is 15.6. The molecule has 1 aliphatic carbocycles. The monoisotopic (exact) mass is 940 g/mol. The summed E-state index contributed by atoms with van der Waals surface area (Å²) in [6, 6.07) is 15.4. The van der Waals surface area contributed by atoms with Gasteiger partial charge in [-0.15, -0.1) is 0 Å². The number of fused-ring (bicyclic) bond motifs is 6. The summed E-state index contributed by atoms with van der Waals surface area (Å²) in [4.78, 5) is 54.7. The summed E-state index contributed by atoms with van der Waals surface area (Å²) < 4.78 is 55.1. The minimum atomic E-state index is -2.99. The molecule has 10 atom stereocenters. The normalized spacial score (nSPS) is 32.9. The molecule has 5 aliphatic heterocycles. The summed E-state index contributed by atoms with van der Waals surface area (Å²) in [5.41, 5.74) is -2.11. The number of hydrogen-bond acceptors (Lipinski definition) is 13. The molecule has 0 amide bonds. The number of aromatic hydroxyl groups is 1. The van der Waals surface area contributed by atoms with Gasteiger partial charge in [-0.2, -0.15) is 0 Å². The number of hydrogen-bond donors (Lipinski definition) is 3. The number of piperidine rings is 1. The molecular weight excluding hydrogens is 883 g/mol. The zero-order valence-corrected chi connectivity index (χ0v) is 39.7. The van der Waals surface area contributed by atoms with Crippen LogP contribution >= 0.6 is 11.8 Å². The van der Waals surface area contributed by atoms with Crippen molar-refractivity contribution in [2.24, 2.45) is 17.3 Å². The van der Waals surface area contributed by atoms with Crippen LogP contribution in [-0.4, -0.2) is 127 Å². The van der Waals surface area contributed by atoms with Crippen LogP contribution in [0.15, 0.2) is 76.5 Å². The van der Waals surface area contributed by atoms with E-state index in [0.717, 1.165) is 38.7 Å². The fourth-order valence-electron chi connectivity index (χ4n) is 14.0. The van der Waals surface area contributed by atoms with E-state index in [9.17, 15) is 19.8 Å². The molecular formula is C51H58F2N4O9S. The fraction of sp³-hybridized carbons (Fsp3) is 0.510. The Morgan fingerprint density at radius 2 is 1.75 bits per heavy atom. The van der Waals surface area contributed by atoms with E-state index < -0.39 is 69.8 Å². The quantitative estimate of drug-likeness (QED) is 0.0904. The van der Waals surface area contributed by atoms with Crippen LogP contribution in [0.4, 0.5) is 14.5 Å². The van der Waals surface area contributed by atoms with Crippen molar-refractivity contribution >= 4 is 46.3 Å². The van der Waals surface area contributed by atoms with Crippen molar-refractivity contribution in [2.75, 3.05) is 59.5 Å². The maximum absolute atomic E-state index is 15.6. The largest absolute Gasteiger partial charge is 0.508 e. The number of likely N-dealkylation sites (N-methyl/N-ethyl adjacent to an activating group) is 1. The molecule has 1 saturated carbocycles. The topological polar surface area (TPSA) is 154 Å². The Morgan fingerprint density at radius 1 is 0.985 bits per heavy atom. The van der Waals surface area contributed by atoms with Gasteiger partial charge in [0.1, 0.15) is 16.9 Å². The van der Waals surface area contributed by atoms with Crippen molar-refractivity contribution in [3.8, 4) is 11.5 Å². The fourth-order valence-corrected chi connectivity index (χ4v) is 14.9. The Morgan fingerprint density at radius 3 is 2.43 bits per heavy atom. The Kier molecular flexibility index (Phi) is 10.9. The summed E-state index contributed by atoms with van der Waals surface area (Å²) >= 11 is 1.47. The second kappa shape index (κ2) is 16.0. The third kappa shape index (κ3) is 6.44. The van der Waals surface area contributed by atoms with E-state index in [-0.39, 0.29) is 37.6 Å². The Bertz CT molecular complexity index is 2720. The van der Waals surface area contributed by atoms with Gasteiger partial charge in [0.25, 0.3) is 0 Å². The van der Waals surface area contributed by atoms with Crippen LogP contribution < -0.4 is 9.64 Å². The van der Waals surface area contributed by atoms with Gasteiger partial charge in [-0.05, 0) is 98.7 Å². The number of phenolic OH excluding ortho intramolecular Hbond substituents is 1. The average Bonchev–Trinajstić information content (AvgIpc) is 3.94. The average molecular weight is 941 g/mol. The number of aromatic nitrogens is 1. The van der Waals surface area contributed by atoms with Crippen molar-refractivity contribution < 1.29 is 52.3 Å². The highest BCUT2D eigenvalue weighted by atomic mass is 32.2. The number of nitrogens with one attached hydrogen (secondary N) is 1. The Hall–Kier alpha value is -5.16. The molecule has 2 bridgehead atoms. The molecule has 0 radical (unpaired) electrons. The molecule has 10 rings (SSSR count). The standard InChI is InChI=1S/C51H58F2N4O9S/c1-8-48-15-10-17-57-18-16-49(42(48)57)36-22-37(40(63-5)23-39(36)55(4)43(49)51(62,46(61)65-7)44(48)66-28(2)58)50(45(60)64-6)24-29-19-30(47(3,52)53)26-56(25-29)27-35-34-21-33(13-14-38(34)54-41(35)50)67-32-12-9-11-31(59)20-32/h9-15,20-23,29-30,42-44,54,59,62H,8,16-19,24-27H2,1-7H3/t29?,30?,42?,43?,44-,48-,49-,50+,51+/m1/s1. The lowest BCUT2D eigenvalue weighted by molar-refractivity contribution is -0.228. The smallest absolute Gasteiger partial charge is 0.344 e. The van der Waals surface area contributed by atoms with E-state index in [4.69, 9.17) is 18.9 Å². The number of ether oxygens (including phenoxy) is 4. The molecule has 4 aromatic rings. The van der Waals surface area contributed by atoms with Gasteiger partial charge in [-0.25, -0.2) is 13.6 Å². The van der Waals surface area contributed by atoms with E-state index in [1.54, 1.807) is 18.2 Å². The molecule has 67 heavy (non-hydrogen) atoms. The summed E-state index contributed by atoms with van der Waals surface area (Å²) in [7, 11) is 5.90. The van der Waals surface area contributed by atoms with E-state index >= 15 is 13.6 Å². The predicted octanol–water partition coefficient (Wildman–Crippen LogP) is 6.94. The number of phenols is 1. The number of methoxy groups -OCH3 is 3. The summed E-state index contributed by atoms with van der Waals surface area (Å²) in [5.74, 6) is -6.04. The lowest BCUT2D eigenvalue weighted by Crippen LogP contribution is -2.81. The molecule has 6 aliphatic rings. The first kappa shape index (κ1) is 45.6. The molecule has 3 fully saturated rings. The van der Waals surface area contributed by atoms with Gasteiger partial charge in [0, 0.05) is 107 Å². The number of aromatic amines is 1. The Balaban J connectivity index is 1.25. The third-order valence-electron chi connectivity index (χ3n) is 16.4. The van der Waals surface area contributed by atoms with Crippen LogP contribution in [-0.2, 0) is 46.0 Å². The minimum absolute atomic E-state index is 0.104. The van der Waals surface area contributed by atoms with E-state index in [0.29, 0.717) is 55.2 Å². The zero-order valence-electron chi connectivity index (χ0n) is 38.9. The van der Waals surface area contributed by atoms with Gasteiger partial charge in [0.2, 0.25) is 11.5 Å². The SMILES string of the molecule is CC[C@]12C=CCN3CC[C@@]4(c5cc([C@@]6(C(=O)OC)CC7CC(C(C)(F)F)CN(Cc8c6[nH]c6ccc(Sc9cccc(O)c9)cc86)C7)c(OC)cc5N(C)C4[C@@](O)(C(=O)OC)[C@@H]1OC(C)=O)C32. The lowest BCUT2D eigenvalue weighted by Gasteiger charge is -2.63. The molecule has 1 aromatic heterocycles. The third-order valence-corrected chi connectivity index (χ3v) is 17.4. The number of aliphatic hydroxyl groups is 1. The lowest BCUT2D eigenvalue weighted by atomic mass is 9.47. The first-order valence-corrected chi connectivity index (χ1v) is 23.9. The number of carbonyl (C=O) groups excluding carboxylic acids is 3. The number of alkyl halides is 2. The maximum Gasteiger partial charge on any atom is 0.344 e. The first-order valence-electron chi connectivity index (χ1n) is 23.1. The molecule has 13 nitrogen and oxygen atoms in total. The van der Waals surface area contributed by atoms with Gasteiger partial charge in [0.15, 0.2) is 6.10 Å². The van der Waals surface area contributed by atoms with Crippen LogP contribution in [0, 0.1) is 17.3 Å². The van der Waals surface area contributed by atoms with Gasteiger partial charge < -0.3 is 39.0 Å². The molecule has 3 aromatic carbocycles. The van der Waals surface area contributed by atoms with Crippen molar-refractivity contribution in [3.05, 3.63) is 89.1 Å². The van der Waals surface area contributed by atoms with Gasteiger partial charge >= 0.3 is 17.9 Å². The van der Waals surface area contributed by atoms with E-state index in [1.165, 1.54) is 40.0 Å². The number of anilines is 1. The highest BCUT2D eigenvalue weighted by Gasteiger charge is 2.80. The van der Waals surface area contributed by atoms with Crippen LogP contribution in [0.5, 0.6) is 11.5 Å². The van der Waals surface area contributed by atoms with E-state index in [2.05, 4.69) is 14.8 Å². The Labute approximate surface area is 392 Å². The van der Waals surface area contributed by atoms with Crippen molar-refractivity contribution in [1.82, 2.24) is 14.8 Å². The minimum Gasteiger partial charge on any atom is -0.508 e. The highest BCUT2D eigenvalue weighted by Crippen LogP contribution is 2.68. The van der Waals surface area contributed by atoms with Crippen LogP contribution in [0.2, 0.25) is 0 Å². The van der Waals surface area contributed by atoms with Crippen LogP contribution in [0.3, 0.4) is 0 Å². The van der Waals surface area contributed by atoms with Crippen LogP contribution in [0.25, 0.3) is 10.9 Å². The summed E-state index contributed by atoms with van der Waals surface area (Å²) in [5, 5.41) is 24.5. The number of halogens is 2. The van der Waals surface area contributed by atoms with Crippen molar-refractivity contribution in [3.63, 3.8) is 0 Å². The van der Waals surface area contributed by atoms with E-state index in [1.807, 2.05) is 67.4 Å². The van der Waals surface area contributed by atoms with Gasteiger partial charge in [-0.1, -0.05) is 36.9 Å². The molecule has 5 unspecified atom stereocenters. The molecule has 1 spiro atoms. The number of rotatable bonds is 9. The number of nitrogens with zero attached hydrogens (tertiary/aromatic N) is 3. The second-order valence-electron chi connectivity index (χ2n) is 19.8. The molecule has 2 saturated heterocycles. The second-order valence-corrected chi connectivity index (χ2v) is 20.9. The number of H-pyrrole nitrogens is 1. The summed E-state index contributed by atoms with van der Waals surface area (Å²) in [6.07, 6.45) is 3.86. The molecule has 3 N–H and O–H groups in total. The summed E-state index contributed by atoms with van der Waals surface area (Å²) in [6.45, 7) is 6.31. The van der Waals surface area contributed by atoms with Crippen molar-refractivity contribution in [2.45, 2.75) is 103 Å². The van der Waals surface area contributed by atoms with Crippen LogP contribution in [0.1, 0.15) is 68.8 Å². The molecule has 356 valence electrons. The highest BCUT2D eigenvalue weighted by molar-refractivity contribution is 7.99. The molecule has 6 heterocycles. The predicted molar refractivity (Wildman–Crippen MR) is 247 cm³/mol. The molecule has 16 heteroatoms. The van der Waals surface area contributed by atoms with Gasteiger partial charge in [-0.3, -0.25) is 19.4 Å².